The molecule has 1 aromatic rings. The van der Waals surface area contributed by atoms with E-state index in [9.17, 15) is 9.59 Å². The third-order valence-electron chi connectivity index (χ3n) is 2.84. The lowest BCUT2D eigenvalue weighted by Crippen LogP contribution is -2.32. The molecule has 0 aliphatic heterocycles. The number of rotatable bonds is 5. The van der Waals surface area contributed by atoms with E-state index in [2.05, 4.69) is 0 Å². The number of hydrogen-bond donors (Lipinski definition) is 0. The van der Waals surface area contributed by atoms with Crippen LogP contribution in [0.25, 0.3) is 0 Å². The van der Waals surface area contributed by atoms with E-state index >= 15 is 0 Å². The maximum atomic E-state index is 11.7. The van der Waals surface area contributed by atoms with Gasteiger partial charge in [0.05, 0.1) is 13.4 Å². The van der Waals surface area contributed by atoms with Crippen molar-refractivity contribution in [1.82, 2.24) is 0 Å². The van der Waals surface area contributed by atoms with Gasteiger partial charge in [-0.15, -0.1) is 0 Å². The van der Waals surface area contributed by atoms with Gasteiger partial charge in [-0.3, -0.25) is 9.59 Å². The molecular weight excluding hydrogens is 220 g/mol. The lowest BCUT2D eigenvalue weighted by atomic mass is 9.79. The molecule has 4 nitrogen and oxygen atoms in total. The highest BCUT2D eigenvalue weighted by Crippen LogP contribution is 2.33. The summed E-state index contributed by atoms with van der Waals surface area (Å²) in [5.41, 5.74) is 0. The molecule has 0 aliphatic carbocycles. The lowest BCUT2D eigenvalue weighted by molar-refractivity contribution is -0.150. The number of carbonyl (C=O) groups is 2. The van der Waals surface area contributed by atoms with Gasteiger partial charge in [-0.05, 0) is 25.0 Å². The molecule has 2 atom stereocenters. The van der Waals surface area contributed by atoms with Crippen LogP contribution >= 0.6 is 0 Å². The Bertz CT molecular complexity index is 378. The van der Waals surface area contributed by atoms with E-state index < -0.39 is 11.9 Å². The van der Waals surface area contributed by atoms with Crippen molar-refractivity contribution < 1.29 is 18.7 Å². The second-order valence-electron chi connectivity index (χ2n) is 4.40. The van der Waals surface area contributed by atoms with Crippen LogP contribution in [0.2, 0.25) is 0 Å². The number of Topliss-reactive ketones (excluding diaryl/α,β-unsaturated/α-hetero) is 1. The molecule has 17 heavy (non-hydrogen) atoms. The van der Waals surface area contributed by atoms with Crippen LogP contribution in [0.3, 0.4) is 0 Å². The molecule has 0 spiro atoms. The standard InChI is InChI=1S/C13H18O4/c1-8(2)11(10-6-5-7-17-10)12(9(3)14)13(15)16-4/h5-8,11-12H,1-4H3. The Morgan fingerprint density at radius 2 is 2.00 bits per heavy atom. The van der Waals surface area contributed by atoms with Crippen molar-refractivity contribution in [3.8, 4) is 0 Å². The number of carbonyl (C=O) groups excluding carboxylic acids is 2. The first-order valence-electron chi connectivity index (χ1n) is 5.60. The highest BCUT2D eigenvalue weighted by Gasteiger charge is 2.37. The largest absolute Gasteiger partial charge is 0.469 e. The third kappa shape index (κ3) is 2.96. The monoisotopic (exact) mass is 238 g/mol. The molecule has 0 amide bonds. The van der Waals surface area contributed by atoms with Crippen molar-refractivity contribution in [1.29, 1.82) is 0 Å². The SMILES string of the molecule is COC(=O)C(C(C)=O)C(c1ccco1)C(C)C. The zero-order valence-electron chi connectivity index (χ0n) is 10.6. The summed E-state index contributed by atoms with van der Waals surface area (Å²) in [6, 6.07) is 3.53. The van der Waals surface area contributed by atoms with Gasteiger partial charge in [-0.1, -0.05) is 13.8 Å². The number of hydrogen-bond acceptors (Lipinski definition) is 4. The molecule has 1 rings (SSSR count). The van der Waals surface area contributed by atoms with Gasteiger partial charge in [0, 0.05) is 5.92 Å². The molecule has 0 saturated heterocycles. The minimum Gasteiger partial charge on any atom is -0.469 e. The predicted octanol–water partition coefficient (Wildman–Crippen LogP) is 2.40. The first-order valence-corrected chi connectivity index (χ1v) is 5.60. The van der Waals surface area contributed by atoms with Crippen molar-refractivity contribution >= 4 is 11.8 Å². The minimum atomic E-state index is -0.800. The Morgan fingerprint density at radius 1 is 1.35 bits per heavy atom. The summed E-state index contributed by atoms with van der Waals surface area (Å²) in [5, 5.41) is 0. The van der Waals surface area contributed by atoms with Gasteiger partial charge < -0.3 is 9.15 Å². The van der Waals surface area contributed by atoms with Crippen LogP contribution in [0.5, 0.6) is 0 Å². The molecule has 1 heterocycles. The van der Waals surface area contributed by atoms with E-state index in [-0.39, 0.29) is 17.6 Å². The van der Waals surface area contributed by atoms with E-state index in [0.29, 0.717) is 5.76 Å². The molecule has 94 valence electrons. The van der Waals surface area contributed by atoms with Crippen LogP contribution in [-0.2, 0) is 14.3 Å². The van der Waals surface area contributed by atoms with Gasteiger partial charge in [0.25, 0.3) is 0 Å². The predicted molar refractivity (Wildman–Crippen MR) is 62.5 cm³/mol. The maximum Gasteiger partial charge on any atom is 0.316 e. The average Bonchev–Trinajstić information content (AvgIpc) is 2.76. The average molecular weight is 238 g/mol. The van der Waals surface area contributed by atoms with E-state index in [4.69, 9.17) is 9.15 Å². The second kappa shape index (κ2) is 5.66. The molecule has 0 N–H and O–H groups in total. The molecule has 0 aliphatic rings. The van der Waals surface area contributed by atoms with Crippen LogP contribution in [-0.4, -0.2) is 18.9 Å². The normalized spacial score (nSPS) is 14.4. The number of ketones is 1. The number of methoxy groups -OCH3 is 1. The molecule has 1 aromatic heterocycles. The van der Waals surface area contributed by atoms with Gasteiger partial charge in [0.2, 0.25) is 0 Å². The fraction of sp³-hybridized carbons (Fsp3) is 0.538. The Labute approximate surface area is 101 Å². The fourth-order valence-corrected chi connectivity index (χ4v) is 2.05. The smallest absolute Gasteiger partial charge is 0.316 e. The second-order valence-corrected chi connectivity index (χ2v) is 4.40. The molecule has 4 heteroatoms. The quantitative estimate of drug-likeness (QED) is 0.584. The van der Waals surface area contributed by atoms with Crippen molar-refractivity contribution in [2.75, 3.05) is 7.11 Å². The Morgan fingerprint density at radius 3 is 2.35 bits per heavy atom. The summed E-state index contributed by atoms with van der Waals surface area (Å²) in [6.45, 7) is 5.30. The van der Waals surface area contributed by atoms with E-state index in [1.54, 1.807) is 18.4 Å². The van der Waals surface area contributed by atoms with Crippen LogP contribution in [0, 0.1) is 11.8 Å². The van der Waals surface area contributed by atoms with E-state index in [1.807, 2.05) is 13.8 Å². The summed E-state index contributed by atoms with van der Waals surface area (Å²) in [5.74, 6) is -1.04. The van der Waals surface area contributed by atoms with E-state index in [0.717, 1.165) is 0 Å². The summed E-state index contributed by atoms with van der Waals surface area (Å²) in [7, 11) is 1.29. The number of esters is 1. The summed E-state index contributed by atoms with van der Waals surface area (Å²) in [6.07, 6.45) is 1.54. The zero-order chi connectivity index (χ0) is 13.0. The molecule has 0 fully saturated rings. The minimum absolute atomic E-state index is 0.106. The lowest BCUT2D eigenvalue weighted by Gasteiger charge is -2.24. The van der Waals surface area contributed by atoms with Gasteiger partial charge in [0.15, 0.2) is 0 Å². The Kier molecular flexibility index (Phi) is 4.49. The topological polar surface area (TPSA) is 56.5 Å². The Balaban J connectivity index is 3.11. The number of ether oxygens (including phenoxy) is 1. The summed E-state index contributed by atoms with van der Waals surface area (Å²) < 4.78 is 10.0. The van der Waals surface area contributed by atoms with Crippen molar-refractivity contribution in [2.24, 2.45) is 11.8 Å². The first-order chi connectivity index (χ1) is 7.99. The maximum absolute atomic E-state index is 11.7. The highest BCUT2D eigenvalue weighted by molar-refractivity contribution is 5.98. The molecule has 0 saturated carbocycles. The number of furan rings is 1. The molecule has 0 aromatic carbocycles. The fourth-order valence-electron chi connectivity index (χ4n) is 2.05. The van der Waals surface area contributed by atoms with Crippen LogP contribution in [0.1, 0.15) is 32.4 Å². The van der Waals surface area contributed by atoms with Gasteiger partial charge in [-0.2, -0.15) is 0 Å². The van der Waals surface area contributed by atoms with Crippen LogP contribution in [0.4, 0.5) is 0 Å². The molecular formula is C13H18O4. The molecule has 0 radical (unpaired) electrons. The first kappa shape index (κ1) is 13.5. The third-order valence-corrected chi connectivity index (χ3v) is 2.84. The van der Waals surface area contributed by atoms with Gasteiger partial charge in [-0.25, -0.2) is 0 Å². The summed E-state index contributed by atoms with van der Waals surface area (Å²) in [4.78, 5) is 23.4. The Hall–Kier alpha value is -1.58. The van der Waals surface area contributed by atoms with Crippen molar-refractivity contribution in [3.63, 3.8) is 0 Å². The van der Waals surface area contributed by atoms with Gasteiger partial charge in [0.1, 0.15) is 17.5 Å². The van der Waals surface area contributed by atoms with Crippen LogP contribution < -0.4 is 0 Å². The van der Waals surface area contributed by atoms with Crippen molar-refractivity contribution in [2.45, 2.75) is 26.7 Å². The van der Waals surface area contributed by atoms with Crippen LogP contribution in [0.15, 0.2) is 22.8 Å². The van der Waals surface area contributed by atoms with Crippen molar-refractivity contribution in [3.05, 3.63) is 24.2 Å². The van der Waals surface area contributed by atoms with E-state index in [1.165, 1.54) is 14.0 Å². The highest BCUT2D eigenvalue weighted by atomic mass is 16.5. The van der Waals surface area contributed by atoms with Gasteiger partial charge >= 0.3 is 5.97 Å². The summed E-state index contributed by atoms with van der Waals surface area (Å²) >= 11 is 0. The molecule has 2 unspecified atom stereocenters. The molecule has 0 bridgehead atoms. The zero-order valence-corrected chi connectivity index (χ0v) is 10.6.